The van der Waals surface area contributed by atoms with E-state index in [0.29, 0.717) is 27.9 Å². The van der Waals surface area contributed by atoms with Gasteiger partial charge in [0.05, 0.1) is 24.7 Å². The highest BCUT2D eigenvalue weighted by Gasteiger charge is 2.22. The lowest BCUT2D eigenvalue weighted by Crippen LogP contribution is -2.42. The fourth-order valence-electron chi connectivity index (χ4n) is 4.84. The molecule has 0 atom stereocenters. The lowest BCUT2D eigenvalue weighted by atomic mass is 10.1. The molecule has 5 rings (SSSR count). The van der Waals surface area contributed by atoms with Crippen molar-refractivity contribution in [3.63, 3.8) is 0 Å². The lowest BCUT2D eigenvalue weighted by molar-refractivity contribution is -0.116. The van der Waals surface area contributed by atoms with Crippen molar-refractivity contribution in [1.29, 1.82) is 0 Å². The van der Waals surface area contributed by atoms with E-state index in [0.717, 1.165) is 23.1 Å². The number of nitrogens with one attached hydrogen (secondary N) is 1. The zero-order valence-electron chi connectivity index (χ0n) is 21.0. The average molecular weight is 497 g/mol. The summed E-state index contributed by atoms with van der Waals surface area (Å²) in [4.78, 5) is 40.8. The number of carbonyl (C=O) groups excluding carboxylic acids is 1. The quantitative estimate of drug-likeness (QED) is 0.370. The zero-order valence-corrected chi connectivity index (χ0v) is 21.0. The molecule has 1 N–H and O–H groups in total. The first-order valence-corrected chi connectivity index (χ1v) is 12.1. The number of hydrogen-bond acceptors (Lipinski definition) is 4. The minimum Gasteiger partial charge on any atom is -0.497 e. The van der Waals surface area contributed by atoms with Crippen LogP contribution in [0.25, 0.3) is 21.9 Å². The number of fused-ring (bicyclic) bond motifs is 3. The highest BCUT2D eigenvalue weighted by molar-refractivity contribution is 6.07. The van der Waals surface area contributed by atoms with Gasteiger partial charge in [0.15, 0.2) is 0 Å². The first-order valence-electron chi connectivity index (χ1n) is 12.1. The Bertz CT molecular complexity index is 1750. The van der Waals surface area contributed by atoms with E-state index >= 15 is 0 Å². The molecule has 3 aromatic carbocycles. The van der Waals surface area contributed by atoms with Crippen molar-refractivity contribution in [1.82, 2.24) is 13.7 Å². The fourth-order valence-corrected chi connectivity index (χ4v) is 4.84. The Kier molecular flexibility index (Phi) is 6.40. The molecule has 0 saturated carbocycles. The first-order chi connectivity index (χ1) is 17.9. The number of carbonyl (C=O) groups is 1. The van der Waals surface area contributed by atoms with Gasteiger partial charge in [0.25, 0.3) is 5.56 Å². The summed E-state index contributed by atoms with van der Waals surface area (Å²) in [6.45, 7) is 1.86. The zero-order chi connectivity index (χ0) is 26.1. The van der Waals surface area contributed by atoms with E-state index in [9.17, 15) is 14.4 Å². The summed E-state index contributed by atoms with van der Waals surface area (Å²) >= 11 is 0. The molecule has 0 saturated heterocycles. The molecule has 188 valence electrons. The maximum Gasteiger partial charge on any atom is 0.332 e. The molecule has 0 spiro atoms. The number of hydrogen-bond donors (Lipinski definition) is 1. The minimum absolute atomic E-state index is 0.0968. The van der Waals surface area contributed by atoms with E-state index in [1.807, 2.05) is 67.6 Å². The number of aryl methyl sites for hydroxylation is 2. The van der Waals surface area contributed by atoms with E-state index in [4.69, 9.17) is 4.74 Å². The number of para-hydroxylation sites is 1. The Balaban J connectivity index is 1.72. The van der Waals surface area contributed by atoms with Gasteiger partial charge in [0.2, 0.25) is 5.91 Å². The monoisotopic (exact) mass is 496 g/mol. The van der Waals surface area contributed by atoms with E-state index in [1.165, 1.54) is 9.13 Å². The predicted molar refractivity (Wildman–Crippen MR) is 145 cm³/mol. The second kappa shape index (κ2) is 9.81. The standard InChI is InChI=1S/C29H28N4O4/c1-4-20-12-8-9-13-23(20)30-25(34)18-32-26-22-16-21(37-3)14-15-24(22)31(2)27(26)28(35)33(29(32)36)17-19-10-6-5-7-11-19/h5-16H,4,17-18H2,1-3H3,(H,30,34). The fraction of sp³-hybridized carbons (Fsp3) is 0.207. The molecule has 2 heterocycles. The maximum absolute atomic E-state index is 13.8. The van der Waals surface area contributed by atoms with Crippen LogP contribution < -0.4 is 21.3 Å². The molecular weight excluding hydrogens is 468 g/mol. The van der Waals surface area contributed by atoms with Crippen LogP contribution in [0.1, 0.15) is 18.1 Å². The van der Waals surface area contributed by atoms with Crippen LogP contribution in [-0.4, -0.2) is 26.7 Å². The summed E-state index contributed by atoms with van der Waals surface area (Å²) in [5, 5.41) is 3.61. The van der Waals surface area contributed by atoms with Gasteiger partial charge in [-0.15, -0.1) is 0 Å². The van der Waals surface area contributed by atoms with E-state index < -0.39 is 11.2 Å². The second-order valence-corrected chi connectivity index (χ2v) is 8.94. The topological polar surface area (TPSA) is 87.3 Å². The molecule has 0 fully saturated rings. The lowest BCUT2D eigenvalue weighted by Gasteiger charge is -2.14. The molecule has 1 amide bonds. The van der Waals surface area contributed by atoms with Crippen LogP contribution >= 0.6 is 0 Å². The molecule has 0 radical (unpaired) electrons. The maximum atomic E-state index is 13.8. The predicted octanol–water partition coefficient (Wildman–Crippen LogP) is 3.91. The Hall–Kier alpha value is -4.59. The van der Waals surface area contributed by atoms with Crippen molar-refractivity contribution in [2.75, 3.05) is 12.4 Å². The van der Waals surface area contributed by atoms with Crippen LogP contribution in [-0.2, 0) is 31.4 Å². The molecule has 2 aromatic heterocycles. The van der Waals surface area contributed by atoms with Gasteiger partial charge in [-0.05, 0) is 41.8 Å². The molecule has 8 nitrogen and oxygen atoms in total. The third kappa shape index (κ3) is 4.31. The Labute approximate surface area is 213 Å². The minimum atomic E-state index is -0.546. The third-order valence-corrected chi connectivity index (χ3v) is 6.72. The number of rotatable bonds is 7. The van der Waals surface area contributed by atoms with Crippen LogP contribution in [0, 0.1) is 0 Å². The highest BCUT2D eigenvalue weighted by atomic mass is 16.5. The third-order valence-electron chi connectivity index (χ3n) is 6.72. The van der Waals surface area contributed by atoms with Crippen LogP contribution in [0.3, 0.4) is 0 Å². The summed E-state index contributed by atoms with van der Waals surface area (Å²) in [6.07, 6.45) is 0.756. The second-order valence-electron chi connectivity index (χ2n) is 8.94. The van der Waals surface area contributed by atoms with Gasteiger partial charge in [0.1, 0.15) is 17.8 Å². The van der Waals surface area contributed by atoms with Crippen molar-refractivity contribution in [3.05, 3.63) is 105 Å². The van der Waals surface area contributed by atoms with E-state index in [-0.39, 0.29) is 19.0 Å². The van der Waals surface area contributed by atoms with Crippen LogP contribution in [0.5, 0.6) is 5.75 Å². The highest BCUT2D eigenvalue weighted by Crippen LogP contribution is 2.29. The van der Waals surface area contributed by atoms with Crippen molar-refractivity contribution < 1.29 is 9.53 Å². The largest absolute Gasteiger partial charge is 0.497 e. The summed E-state index contributed by atoms with van der Waals surface area (Å²) in [7, 11) is 3.35. The van der Waals surface area contributed by atoms with Gasteiger partial charge < -0.3 is 14.6 Å². The molecule has 8 heteroatoms. The van der Waals surface area contributed by atoms with Gasteiger partial charge in [-0.3, -0.25) is 18.7 Å². The van der Waals surface area contributed by atoms with Crippen molar-refractivity contribution >= 4 is 33.5 Å². The molecular formula is C29H28N4O4. The molecule has 37 heavy (non-hydrogen) atoms. The van der Waals surface area contributed by atoms with Gasteiger partial charge in [-0.2, -0.15) is 0 Å². The average Bonchev–Trinajstić information content (AvgIpc) is 3.21. The number of anilines is 1. The Morgan fingerprint density at radius 2 is 1.65 bits per heavy atom. The summed E-state index contributed by atoms with van der Waals surface area (Å²) < 4.78 is 9.77. The molecule has 0 aliphatic heterocycles. The van der Waals surface area contributed by atoms with E-state index in [1.54, 1.807) is 30.9 Å². The number of aromatic nitrogens is 3. The number of amides is 1. The van der Waals surface area contributed by atoms with Gasteiger partial charge in [-0.25, -0.2) is 4.79 Å². The van der Waals surface area contributed by atoms with Gasteiger partial charge in [-0.1, -0.05) is 55.5 Å². The van der Waals surface area contributed by atoms with Crippen LogP contribution in [0.15, 0.2) is 82.4 Å². The number of ether oxygens (including phenoxy) is 1. The molecule has 0 aliphatic rings. The Morgan fingerprint density at radius 3 is 2.38 bits per heavy atom. The van der Waals surface area contributed by atoms with Gasteiger partial charge >= 0.3 is 5.69 Å². The van der Waals surface area contributed by atoms with Crippen LogP contribution in [0.2, 0.25) is 0 Å². The summed E-state index contributed by atoms with van der Waals surface area (Å²) in [5.74, 6) is 0.239. The SMILES string of the molecule is CCc1ccccc1NC(=O)Cn1c(=O)n(Cc2ccccc2)c(=O)c2c1c1cc(OC)ccc1n2C. The summed E-state index contributed by atoms with van der Waals surface area (Å²) in [5.41, 5.74) is 3.08. The van der Waals surface area contributed by atoms with Gasteiger partial charge in [0, 0.05) is 18.1 Å². The van der Waals surface area contributed by atoms with Crippen molar-refractivity contribution in [2.24, 2.45) is 7.05 Å². The molecule has 0 unspecified atom stereocenters. The Morgan fingerprint density at radius 1 is 0.919 bits per heavy atom. The van der Waals surface area contributed by atoms with Crippen molar-refractivity contribution in [2.45, 2.75) is 26.4 Å². The molecule has 0 aliphatic carbocycles. The van der Waals surface area contributed by atoms with E-state index in [2.05, 4.69) is 5.32 Å². The molecule has 5 aromatic rings. The first kappa shape index (κ1) is 24.1. The van der Waals surface area contributed by atoms with Crippen molar-refractivity contribution in [3.8, 4) is 5.75 Å². The normalized spacial score (nSPS) is 11.2. The number of methoxy groups -OCH3 is 1. The summed E-state index contributed by atoms with van der Waals surface area (Å²) in [6, 6.07) is 22.3. The number of benzene rings is 3. The van der Waals surface area contributed by atoms with Crippen LogP contribution in [0.4, 0.5) is 5.69 Å². The molecule has 0 bridgehead atoms. The number of nitrogens with zero attached hydrogens (tertiary/aromatic N) is 3. The smallest absolute Gasteiger partial charge is 0.332 e.